The molecule has 0 radical (unpaired) electrons. The normalized spacial score (nSPS) is 13.1. The largest absolute Gasteiger partial charge is 0.216 e. The minimum absolute atomic E-state index is 1.17. The summed E-state index contributed by atoms with van der Waals surface area (Å²) in [5.41, 5.74) is 13.2. The predicted octanol–water partition coefficient (Wildman–Crippen LogP) is 3.82. The smallest absolute Gasteiger partial charge is 0.200 e. The first-order valence-electron chi connectivity index (χ1n) is 7.50. The maximum atomic E-state index is 2.35. The maximum Gasteiger partial charge on any atom is 0.216 e. The molecule has 1 heterocycles. The quantitative estimate of drug-likeness (QED) is 0.638. The van der Waals surface area contributed by atoms with Crippen molar-refractivity contribution in [1.82, 2.24) is 0 Å². The van der Waals surface area contributed by atoms with E-state index in [0.29, 0.717) is 0 Å². The topological polar surface area (TPSA) is 3.88 Å². The van der Waals surface area contributed by atoms with Crippen molar-refractivity contribution in [1.29, 1.82) is 0 Å². The fourth-order valence-corrected chi connectivity index (χ4v) is 3.77. The molecular formula is C19H24N+. The van der Waals surface area contributed by atoms with Gasteiger partial charge in [-0.05, 0) is 75.3 Å². The van der Waals surface area contributed by atoms with Crippen LogP contribution < -0.4 is 4.57 Å². The summed E-state index contributed by atoms with van der Waals surface area (Å²) in [6.07, 6.45) is 4.63. The van der Waals surface area contributed by atoms with Gasteiger partial charge >= 0.3 is 0 Å². The van der Waals surface area contributed by atoms with E-state index in [1.54, 1.807) is 11.1 Å². The molecule has 0 aliphatic heterocycles. The monoisotopic (exact) mass is 266 g/mol. The summed E-state index contributed by atoms with van der Waals surface area (Å²) >= 11 is 0. The second-order valence-electron chi connectivity index (χ2n) is 6.36. The third-order valence-corrected chi connectivity index (χ3v) is 5.11. The summed E-state index contributed by atoms with van der Waals surface area (Å²) in [6.45, 7) is 11.3. The van der Waals surface area contributed by atoms with Crippen LogP contribution in [0, 0.1) is 34.6 Å². The molecule has 0 saturated carbocycles. The molecule has 0 spiro atoms. The second-order valence-corrected chi connectivity index (χ2v) is 6.36. The van der Waals surface area contributed by atoms with Gasteiger partial charge in [0.2, 0.25) is 5.69 Å². The number of hydrogen-bond acceptors (Lipinski definition) is 0. The third-order valence-electron chi connectivity index (χ3n) is 5.11. The van der Waals surface area contributed by atoms with E-state index in [9.17, 15) is 0 Å². The van der Waals surface area contributed by atoms with E-state index in [0.717, 1.165) is 0 Å². The number of aromatic nitrogens is 1. The lowest BCUT2D eigenvalue weighted by atomic mass is 9.80. The van der Waals surface area contributed by atoms with Crippen LogP contribution in [0.4, 0.5) is 0 Å². The summed E-state index contributed by atoms with van der Waals surface area (Å²) in [6, 6.07) is 2.35. The van der Waals surface area contributed by atoms with Gasteiger partial charge < -0.3 is 0 Å². The van der Waals surface area contributed by atoms with E-state index in [4.69, 9.17) is 0 Å². The zero-order valence-electron chi connectivity index (χ0n) is 13.5. The van der Waals surface area contributed by atoms with Gasteiger partial charge in [-0.1, -0.05) is 6.07 Å². The van der Waals surface area contributed by atoms with Crippen LogP contribution in [0.25, 0.3) is 11.3 Å². The number of benzene rings is 1. The molecule has 3 rings (SSSR count). The first-order valence-corrected chi connectivity index (χ1v) is 7.50. The summed E-state index contributed by atoms with van der Waals surface area (Å²) in [5.74, 6) is 0. The molecule has 0 fully saturated rings. The molecule has 1 aromatic heterocycles. The Bertz CT molecular complexity index is 660. The van der Waals surface area contributed by atoms with Crippen LogP contribution in [0.3, 0.4) is 0 Å². The summed E-state index contributed by atoms with van der Waals surface area (Å²) in [5, 5.41) is 0. The molecule has 0 N–H and O–H groups in total. The highest BCUT2D eigenvalue weighted by Crippen LogP contribution is 2.38. The van der Waals surface area contributed by atoms with Gasteiger partial charge in [-0.25, -0.2) is 4.57 Å². The highest BCUT2D eigenvalue weighted by molar-refractivity contribution is 5.74. The second kappa shape index (κ2) is 4.44. The summed E-state index contributed by atoms with van der Waals surface area (Å²) < 4.78 is 2.33. The zero-order chi connectivity index (χ0) is 14.6. The minimum Gasteiger partial charge on any atom is -0.200 e. The van der Waals surface area contributed by atoms with Crippen LogP contribution in [0.15, 0.2) is 12.3 Å². The van der Waals surface area contributed by atoms with E-state index >= 15 is 0 Å². The average Bonchev–Trinajstić information content (AvgIpc) is 2.41. The Morgan fingerprint density at radius 3 is 2.10 bits per heavy atom. The van der Waals surface area contributed by atoms with E-state index < -0.39 is 0 Å². The van der Waals surface area contributed by atoms with Gasteiger partial charge in [-0.2, -0.15) is 0 Å². The number of nitrogens with zero attached hydrogens (tertiary/aromatic N) is 1. The van der Waals surface area contributed by atoms with Crippen molar-refractivity contribution >= 4 is 0 Å². The van der Waals surface area contributed by atoms with Crippen molar-refractivity contribution in [3.63, 3.8) is 0 Å². The van der Waals surface area contributed by atoms with Gasteiger partial charge in [-0.3, -0.25) is 0 Å². The Hall–Kier alpha value is -1.63. The Kier molecular flexibility index (Phi) is 2.97. The van der Waals surface area contributed by atoms with Crippen molar-refractivity contribution in [2.24, 2.45) is 7.05 Å². The van der Waals surface area contributed by atoms with Crippen molar-refractivity contribution < 1.29 is 4.57 Å². The van der Waals surface area contributed by atoms with Crippen LogP contribution in [-0.4, -0.2) is 0 Å². The molecule has 0 atom stereocenters. The first kappa shape index (κ1) is 13.4. The molecule has 1 aliphatic carbocycles. The number of fused-ring (bicyclic) bond motifs is 3. The number of pyridine rings is 1. The molecule has 1 heteroatoms. The van der Waals surface area contributed by atoms with Crippen LogP contribution in [0.2, 0.25) is 0 Å². The lowest BCUT2D eigenvalue weighted by Gasteiger charge is -2.24. The molecule has 2 aromatic rings. The number of aryl methyl sites for hydroxylation is 4. The molecule has 1 nitrogen and oxygen atoms in total. The predicted molar refractivity (Wildman–Crippen MR) is 84.1 cm³/mol. The van der Waals surface area contributed by atoms with Gasteiger partial charge in [0, 0.05) is 11.1 Å². The summed E-state index contributed by atoms with van der Waals surface area (Å²) in [7, 11) is 2.19. The molecule has 104 valence electrons. The highest BCUT2D eigenvalue weighted by Gasteiger charge is 2.29. The fraction of sp³-hybridized carbons (Fsp3) is 0.421. The SMILES string of the molecule is Cc1cc(C)c2c(c1C)CCc1c(C)c(C)c[n+](C)c1-2. The van der Waals surface area contributed by atoms with Crippen LogP contribution >= 0.6 is 0 Å². The van der Waals surface area contributed by atoms with Gasteiger partial charge in [-0.15, -0.1) is 0 Å². The number of rotatable bonds is 0. The fourth-order valence-electron chi connectivity index (χ4n) is 3.77. The highest BCUT2D eigenvalue weighted by atomic mass is 14.9. The lowest BCUT2D eigenvalue weighted by molar-refractivity contribution is -0.661. The van der Waals surface area contributed by atoms with E-state index in [1.165, 1.54) is 51.9 Å². The Morgan fingerprint density at radius 2 is 1.40 bits per heavy atom. The van der Waals surface area contributed by atoms with Gasteiger partial charge in [0.25, 0.3) is 0 Å². The van der Waals surface area contributed by atoms with Crippen molar-refractivity contribution in [3.8, 4) is 11.3 Å². The Labute approximate surface area is 122 Å². The van der Waals surface area contributed by atoms with Gasteiger partial charge in [0.15, 0.2) is 6.20 Å². The first-order chi connectivity index (χ1) is 9.41. The Morgan fingerprint density at radius 1 is 0.800 bits per heavy atom. The van der Waals surface area contributed by atoms with E-state index in [2.05, 4.69) is 58.5 Å². The lowest BCUT2D eigenvalue weighted by Crippen LogP contribution is -2.35. The molecule has 0 unspecified atom stereocenters. The third kappa shape index (κ3) is 1.72. The van der Waals surface area contributed by atoms with Crippen LogP contribution in [-0.2, 0) is 19.9 Å². The molecule has 0 amide bonds. The molecule has 20 heavy (non-hydrogen) atoms. The number of hydrogen-bond donors (Lipinski definition) is 0. The molecule has 0 bridgehead atoms. The van der Waals surface area contributed by atoms with E-state index in [-0.39, 0.29) is 0 Å². The van der Waals surface area contributed by atoms with Crippen molar-refractivity contribution in [2.75, 3.05) is 0 Å². The van der Waals surface area contributed by atoms with Crippen molar-refractivity contribution in [3.05, 3.63) is 51.2 Å². The van der Waals surface area contributed by atoms with Crippen LogP contribution in [0.1, 0.15) is 38.9 Å². The molecular weight excluding hydrogens is 242 g/mol. The van der Waals surface area contributed by atoms with Gasteiger partial charge in [0.1, 0.15) is 7.05 Å². The summed E-state index contributed by atoms with van der Waals surface area (Å²) in [4.78, 5) is 0. The zero-order valence-corrected chi connectivity index (χ0v) is 13.5. The van der Waals surface area contributed by atoms with Crippen molar-refractivity contribution in [2.45, 2.75) is 47.5 Å². The Balaban J connectivity index is 2.43. The van der Waals surface area contributed by atoms with Crippen LogP contribution in [0.5, 0.6) is 0 Å². The average molecular weight is 266 g/mol. The molecule has 1 aromatic carbocycles. The standard InChI is InChI=1S/C19H24N/c1-11-9-12(2)18-16(14(11)4)7-8-17-15(5)13(3)10-20(6)19(17)18/h9-10H,7-8H2,1-6H3/q+1. The van der Waals surface area contributed by atoms with Gasteiger partial charge in [0.05, 0.1) is 5.56 Å². The minimum atomic E-state index is 1.17. The van der Waals surface area contributed by atoms with E-state index in [1.807, 2.05) is 0 Å². The molecule has 1 aliphatic rings. The molecule has 0 saturated heterocycles. The maximum absolute atomic E-state index is 2.35.